The van der Waals surface area contributed by atoms with Gasteiger partial charge in [-0.2, -0.15) is 0 Å². The Morgan fingerprint density at radius 3 is 2.18 bits per heavy atom. The first-order chi connectivity index (χ1) is 8.27. The smallest absolute Gasteiger partial charge is 0.190 e. The molecular weight excluding hydrogens is 212 g/mol. The van der Waals surface area contributed by atoms with Crippen LogP contribution in [0.15, 0.2) is 35.9 Å². The number of Topliss-reactive ketones (excluding diaryl/α,β-unsaturated/α-hetero) is 1. The summed E-state index contributed by atoms with van der Waals surface area (Å²) in [7, 11) is 0. The van der Waals surface area contributed by atoms with E-state index in [0.29, 0.717) is 16.7 Å². The van der Waals surface area contributed by atoms with Crippen molar-refractivity contribution in [2.45, 2.75) is 0 Å². The molecular formula is C15H9O2. The fraction of sp³-hybridized carbons (Fsp3) is 0. The number of ketones is 2. The lowest BCUT2D eigenvalue weighted by atomic mass is 9.83. The molecule has 0 heterocycles. The van der Waals surface area contributed by atoms with E-state index in [2.05, 4.69) is 0 Å². The van der Waals surface area contributed by atoms with Gasteiger partial charge in [-0.25, -0.2) is 0 Å². The second-order valence-electron chi connectivity index (χ2n) is 3.97. The van der Waals surface area contributed by atoms with Crippen LogP contribution in [0, 0.1) is 31.6 Å². The van der Waals surface area contributed by atoms with E-state index in [1.54, 1.807) is 24.3 Å². The molecule has 0 saturated heterocycles. The largest absolute Gasteiger partial charge is 0.289 e. The zero-order chi connectivity index (χ0) is 11.8. The molecule has 2 aliphatic carbocycles. The van der Waals surface area contributed by atoms with Crippen molar-refractivity contribution in [1.82, 2.24) is 0 Å². The molecule has 1 fully saturated rings. The molecule has 0 atom stereocenters. The molecule has 17 heavy (non-hydrogen) atoms. The first-order valence-corrected chi connectivity index (χ1v) is 5.39. The third kappa shape index (κ3) is 1.64. The van der Waals surface area contributed by atoms with Crippen LogP contribution in [-0.2, 0) is 0 Å². The Morgan fingerprint density at radius 2 is 1.47 bits per heavy atom. The summed E-state index contributed by atoms with van der Waals surface area (Å²) in [6.45, 7) is 0. The highest BCUT2D eigenvalue weighted by atomic mass is 16.1. The minimum atomic E-state index is -0.101. The lowest BCUT2D eigenvalue weighted by molar-refractivity contribution is 0.0985. The highest BCUT2D eigenvalue weighted by Gasteiger charge is 2.32. The van der Waals surface area contributed by atoms with E-state index in [9.17, 15) is 9.59 Å². The predicted molar refractivity (Wildman–Crippen MR) is 63.6 cm³/mol. The minimum absolute atomic E-state index is 0.0774. The van der Waals surface area contributed by atoms with Crippen molar-refractivity contribution in [3.63, 3.8) is 0 Å². The molecule has 0 N–H and O–H groups in total. The number of rotatable bonds is 1. The van der Waals surface area contributed by atoms with Crippen molar-refractivity contribution < 1.29 is 9.59 Å². The summed E-state index contributed by atoms with van der Waals surface area (Å²) in [5.74, 6) is 0.626. The normalized spacial score (nSPS) is 20.4. The Bertz CT molecular complexity index is 519. The predicted octanol–water partition coefficient (Wildman–Crippen LogP) is 2.40. The number of hydrogen-bond donors (Lipinski definition) is 0. The molecule has 2 heteroatoms. The van der Waals surface area contributed by atoms with Gasteiger partial charge in [0, 0.05) is 22.6 Å². The van der Waals surface area contributed by atoms with Gasteiger partial charge in [0.05, 0.1) is 0 Å². The van der Waals surface area contributed by atoms with Crippen molar-refractivity contribution in [2.75, 3.05) is 0 Å². The quantitative estimate of drug-likeness (QED) is 0.729. The fourth-order valence-corrected chi connectivity index (χ4v) is 2.08. The Hall–Kier alpha value is -1.70. The summed E-state index contributed by atoms with van der Waals surface area (Å²) in [6.07, 6.45) is 8.82. The maximum atomic E-state index is 12.2. The van der Waals surface area contributed by atoms with Crippen molar-refractivity contribution in [3.8, 4) is 0 Å². The average molecular weight is 221 g/mol. The molecule has 0 aliphatic heterocycles. The average Bonchev–Trinajstić information content (AvgIpc) is 2.87. The Kier molecular flexibility index (Phi) is 2.43. The van der Waals surface area contributed by atoms with Crippen molar-refractivity contribution in [3.05, 3.63) is 78.6 Å². The molecule has 0 unspecified atom stereocenters. The second kappa shape index (κ2) is 3.95. The monoisotopic (exact) mass is 221 g/mol. The van der Waals surface area contributed by atoms with E-state index in [4.69, 9.17) is 0 Å². The molecule has 0 aromatic heterocycles. The molecule has 0 bridgehead atoms. The Morgan fingerprint density at radius 1 is 0.824 bits per heavy atom. The summed E-state index contributed by atoms with van der Waals surface area (Å²) in [5, 5.41) is 0. The van der Waals surface area contributed by atoms with Crippen LogP contribution in [0.3, 0.4) is 0 Å². The van der Waals surface area contributed by atoms with Gasteiger partial charge in [0.15, 0.2) is 11.6 Å². The number of carbonyl (C=O) groups is 2. The van der Waals surface area contributed by atoms with Gasteiger partial charge in [0.2, 0.25) is 0 Å². The summed E-state index contributed by atoms with van der Waals surface area (Å²) in [5.41, 5.74) is 1.47. The number of carbonyl (C=O) groups excluding carboxylic acids is 2. The van der Waals surface area contributed by atoms with E-state index in [-0.39, 0.29) is 11.6 Å². The molecule has 1 aromatic carbocycles. The standard InChI is InChI=1S/C15H9O2/c16-14-9-13(10-5-1-2-6-10)15(17)12-8-4-3-7-11(12)14/h1-9H. The third-order valence-electron chi connectivity index (χ3n) is 2.93. The van der Waals surface area contributed by atoms with Crippen molar-refractivity contribution >= 4 is 11.6 Å². The lowest BCUT2D eigenvalue weighted by Crippen LogP contribution is -2.20. The topological polar surface area (TPSA) is 34.1 Å². The van der Waals surface area contributed by atoms with E-state index in [1.807, 2.05) is 25.7 Å². The van der Waals surface area contributed by atoms with Crippen molar-refractivity contribution in [1.29, 1.82) is 0 Å². The van der Waals surface area contributed by atoms with Gasteiger partial charge < -0.3 is 0 Å². The minimum Gasteiger partial charge on any atom is -0.289 e. The molecule has 0 amide bonds. The lowest BCUT2D eigenvalue weighted by Gasteiger charge is -2.18. The SMILES string of the molecule is O=C1C=C([C]2[CH][CH][CH][CH]2)C(=O)c2ccccc21. The molecule has 1 saturated carbocycles. The molecule has 3 rings (SSSR count). The number of benzene rings is 1. The van der Waals surface area contributed by atoms with E-state index in [1.165, 1.54) is 6.08 Å². The van der Waals surface area contributed by atoms with Crippen LogP contribution < -0.4 is 0 Å². The Balaban J connectivity index is 2.04. The highest BCUT2D eigenvalue weighted by Crippen LogP contribution is 2.34. The van der Waals surface area contributed by atoms with Gasteiger partial charge in [0.1, 0.15) is 0 Å². The van der Waals surface area contributed by atoms with Crippen LogP contribution in [0.1, 0.15) is 20.7 Å². The van der Waals surface area contributed by atoms with Gasteiger partial charge in [-0.15, -0.1) is 0 Å². The maximum Gasteiger partial charge on any atom is 0.190 e. The van der Waals surface area contributed by atoms with E-state index in [0.717, 1.165) is 5.92 Å². The summed E-state index contributed by atoms with van der Waals surface area (Å²) >= 11 is 0. The number of allylic oxidation sites excluding steroid dienone is 2. The summed E-state index contributed by atoms with van der Waals surface area (Å²) in [6, 6.07) is 6.93. The van der Waals surface area contributed by atoms with Crippen LogP contribution in [-0.4, -0.2) is 11.6 Å². The van der Waals surface area contributed by atoms with Gasteiger partial charge in [-0.05, 0) is 31.8 Å². The van der Waals surface area contributed by atoms with Crippen LogP contribution in [0.2, 0.25) is 0 Å². The number of fused-ring (bicyclic) bond motifs is 1. The van der Waals surface area contributed by atoms with Gasteiger partial charge in [-0.1, -0.05) is 24.3 Å². The molecule has 5 radical (unpaired) electrons. The molecule has 2 nitrogen and oxygen atoms in total. The first kappa shape index (κ1) is 10.5. The Labute approximate surface area is 100 Å². The van der Waals surface area contributed by atoms with Crippen LogP contribution in [0.4, 0.5) is 0 Å². The van der Waals surface area contributed by atoms with Gasteiger partial charge in [0.25, 0.3) is 0 Å². The fourth-order valence-electron chi connectivity index (χ4n) is 2.08. The third-order valence-corrected chi connectivity index (χ3v) is 2.93. The van der Waals surface area contributed by atoms with Crippen LogP contribution >= 0.6 is 0 Å². The van der Waals surface area contributed by atoms with Gasteiger partial charge in [-0.3, -0.25) is 9.59 Å². The van der Waals surface area contributed by atoms with Crippen LogP contribution in [0.25, 0.3) is 0 Å². The zero-order valence-electron chi connectivity index (χ0n) is 9.01. The van der Waals surface area contributed by atoms with Crippen LogP contribution in [0.5, 0.6) is 0 Å². The first-order valence-electron chi connectivity index (χ1n) is 5.39. The summed E-state index contributed by atoms with van der Waals surface area (Å²) in [4.78, 5) is 24.1. The number of hydrogen-bond acceptors (Lipinski definition) is 2. The summed E-state index contributed by atoms with van der Waals surface area (Å²) < 4.78 is 0. The zero-order valence-corrected chi connectivity index (χ0v) is 9.01. The van der Waals surface area contributed by atoms with Crippen molar-refractivity contribution in [2.24, 2.45) is 0 Å². The van der Waals surface area contributed by atoms with E-state index >= 15 is 0 Å². The maximum absolute atomic E-state index is 12.2. The molecule has 1 aromatic rings. The highest BCUT2D eigenvalue weighted by molar-refractivity contribution is 6.26. The van der Waals surface area contributed by atoms with Gasteiger partial charge >= 0.3 is 0 Å². The van der Waals surface area contributed by atoms with E-state index < -0.39 is 0 Å². The molecule has 81 valence electrons. The molecule has 0 spiro atoms. The second-order valence-corrected chi connectivity index (χ2v) is 3.97. The molecule has 2 aliphatic rings.